The van der Waals surface area contributed by atoms with E-state index in [0.717, 1.165) is 27.7 Å². The molecule has 0 spiro atoms. The minimum atomic E-state index is -0.109. The van der Waals surface area contributed by atoms with Gasteiger partial charge in [0.25, 0.3) is 0 Å². The lowest BCUT2D eigenvalue weighted by atomic mass is 10.1. The molecule has 34 heavy (non-hydrogen) atoms. The molecule has 1 heterocycles. The Kier molecular flexibility index (Phi) is 6.27. The summed E-state index contributed by atoms with van der Waals surface area (Å²) in [6.45, 7) is 0. The van der Waals surface area contributed by atoms with Crippen LogP contribution in [-0.4, -0.2) is 33.5 Å². The molecule has 0 aliphatic rings. The Hall–Kier alpha value is -4.10. The number of aromatic nitrogens is 3. The normalized spacial score (nSPS) is 10.9. The largest absolute Gasteiger partial charge is 0.496 e. The summed E-state index contributed by atoms with van der Waals surface area (Å²) in [6, 6.07) is 31.4. The summed E-state index contributed by atoms with van der Waals surface area (Å²) in [5, 5.41) is 14.6. The van der Waals surface area contributed by atoms with Crippen LogP contribution in [0.4, 0.5) is 5.69 Å². The number of para-hydroxylation sites is 2. The number of nitrogens with one attached hydrogen (secondary N) is 1. The molecule has 0 saturated heterocycles. The molecule has 6 nitrogen and oxygen atoms in total. The van der Waals surface area contributed by atoms with E-state index in [2.05, 4.69) is 15.5 Å². The van der Waals surface area contributed by atoms with Crippen LogP contribution in [0.15, 0.2) is 102 Å². The molecule has 0 fully saturated rings. The molecule has 0 unspecified atom stereocenters. The quantitative estimate of drug-likeness (QED) is 0.306. The fourth-order valence-corrected chi connectivity index (χ4v) is 4.58. The minimum Gasteiger partial charge on any atom is -0.496 e. The van der Waals surface area contributed by atoms with Gasteiger partial charge < -0.3 is 10.1 Å². The number of carbonyl (C=O) groups excluding carboxylic acids is 1. The summed E-state index contributed by atoms with van der Waals surface area (Å²) >= 11 is 1.34. The third-order valence-corrected chi connectivity index (χ3v) is 6.32. The number of rotatable bonds is 7. The number of amides is 1. The van der Waals surface area contributed by atoms with Gasteiger partial charge in [-0.3, -0.25) is 9.36 Å². The van der Waals surface area contributed by atoms with Crippen LogP contribution in [0.3, 0.4) is 0 Å². The highest BCUT2D eigenvalue weighted by Gasteiger charge is 2.19. The number of benzene rings is 4. The minimum absolute atomic E-state index is 0.109. The molecule has 5 aromatic rings. The molecule has 0 bridgehead atoms. The molecule has 0 aliphatic carbocycles. The third-order valence-electron chi connectivity index (χ3n) is 5.39. The van der Waals surface area contributed by atoms with Gasteiger partial charge in [-0.05, 0) is 35.7 Å². The zero-order valence-electron chi connectivity index (χ0n) is 18.5. The zero-order valence-corrected chi connectivity index (χ0v) is 19.3. The van der Waals surface area contributed by atoms with Crippen molar-refractivity contribution in [1.29, 1.82) is 0 Å². The number of thioether (sulfide) groups is 1. The van der Waals surface area contributed by atoms with Crippen LogP contribution in [-0.2, 0) is 4.79 Å². The molecule has 168 valence electrons. The lowest BCUT2D eigenvalue weighted by Crippen LogP contribution is -2.14. The van der Waals surface area contributed by atoms with E-state index in [1.807, 2.05) is 102 Å². The van der Waals surface area contributed by atoms with Crippen LogP contribution in [0.5, 0.6) is 5.75 Å². The van der Waals surface area contributed by atoms with Crippen LogP contribution >= 0.6 is 11.8 Å². The monoisotopic (exact) mass is 466 g/mol. The third kappa shape index (κ3) is 4.38. The molecule has 5 rings (SSSR count). The Morgan fingerprint density at radius 1 is 0.882 bits per heavy atom. The molecule has 7 heteroatoms. The van der Waals surface area contributed by atoms with Crippen molar-refractivity contribution >= 4 is 34.1 Å². The Morgan fingerprint density at radius 3 is 2.47 bits per heavy atom. The second-order valence-electron chi connectivity index (χ2n) is 7.54. The van der Waals surface area contributed by atoms with E-state index in [0.29, 0.717) is 16.7 Å². The maximum Gasteiger partial charge on any atom is 0.234 e. The highest BCUT2D eigenvalue weighted by atomic mass is 32.2. The first kappa shape index (κ1) is 21.7. The summed E-state index contributed by atoms with van der Waals surface area (Å²) in [4.78, 5) is 12.8. The number of anilines is 1. The molecule has 4 aromatic carbocycles. The van der Waals surface area contributed by atoms with Crippen molar-refractivity contribution in [2.45, 2.75) is 5.16 Å². The molecule has 1 N–H and O–H groups in total. The molecule has 1 amide bonds. The van der Waals surface area contributed by atoms with Crippen LogP contribution in [0.25, 0.3) is 27.8 Å². The summed E-state index contributed by atoms with van der Waals surface area (Å²) < 4.78 is 7.50. The number of methoxy groups -OCH3 is 1. The number of carbonyl (C=O) groups is 1. The lowest BCUT2D eigenvalue weighted by Gasteiger charge is -2.12. The van der Waals surface area contributed by atoms with Crippen molar-refractivity contribution in [1.82, 2.24) is 14.8 Å². The van der Waals surface area contributed by atoms with E-state index in [4.69, 9.17) is 4.74 Å². The van der Waals surface area contributed by atoms with Gasteiger partial charge in [0.15, 0.2) is 11.0 Å². The first-order valence-corrected chi connectivity index (χ1v) is 11.8. The predicted molar refractivity (Wildman–Crippen MR) is 137 cm³/mol. The number of hydrogen-bond donors (Lipinski definition) is 1. The molecule has 0 aliphatic heterocycles. The van der Waals surface area contributed by atoms with Crippen molar-refractivity contribution in [2.75, 3.05) is 18.2 Å². The van der Waals surface area contributed by atoms with E-state index >= 15 is 0 Å². The van der Waals surface area contributed by atoms with E-state index < -0.39 is 0 Å². The smallest absolute Gasteiger partial charge is 0.234 e. The van der Waals surface area contributed by atoms with Crippen molar-refractivity contribution in [3.63, 3.8) is 0 Å². The fourth-order valence-electron chi connectivity index (χ4n) is 3.83. The van der Waals surface area contributed by atoms with Crippen molar-refractivity contribution < 1.29 is 9.53 Å². The predicted octanol–water partition coefficient (Wildman–Crippen LogP) is 5.83. The molecule has 0 radical (unpaired) electrons. The topological polar surface area (TPSA) is 69.0 Å². The molecule has 1 aromatic heterocycles. The fraction of sp³-hybridized carbons (Fsp3) is 0.0741. The number of ether oxygens (including phenoxy) is 1. The summed E-state index contributed by atoms with van der Waals surface area (Å²) in [6.07, 6.45) is 0. The maximum absolute atomic E-state index is 12.8. The molecule has 0 atom stereocenters. The lowest BCUT2D eigenvalue weighted by molar-refractivity contribution is -0.113. The number of fused-ring (bicyclic) bond motifs is 1. The summed E-state index contributed by atoms with van der Waals surface area (Å²) in [7, 11) is 1.63. The van der Waals surface area contributed by atoms with Crippen LogP contribution in [0.2, 0.25) is 0 Å². The van der Waals surface area contributed by atoms with Gasteiger partial charge in [0.05, 0.1) is 18.4 Å². The van der Waals surface area contributed by atoms with E-state index in [1.54, 1.807) is 7.11 Å². The first-order valence-electron chi connectivity index (χ1n) is 10.8. The zero-order chi connectivity index (χ0) is 23.3. The van der Waals surface area contributed by atoms with Crippen molar-refractivity contribution in [3.8, 4) is 22.8 Å². The summed E-state index contributed by atoms with van der Waals surface area (Å²) in [5.74, 6) is 1.45. The molecular formula is C27H22N4O2S. The van der Waals surface area contributed by atoms with E-state index in [-0.39, 0.29) is 11.7 Å². The average Bonchev–Trinajstić information content (AvgIpc) is 3.32. The number of hydrogen-bond acceptors (Lipinski definition) is 5. The Bertz CT molecular complexity index is 1440. The first-order chi connectivity index (χ1) is 16.7. The molecule has 0 saturated carbocycles. The molecular weight excluding hydrogens is 444 g/mol. The van der Waals surface area contributed by atoms with Crippen molar-refractivity contribution in [3.05, 3.63) is 97.1 Å². The van der Waals surface area contributed by atoms with Crippen LogP contribution in [0, 0.1) is 0 Å². The SMILES string of the molecule is COc1ccccc1-c1nnc(SCC(=O)Nc2cccc3ccccc23)n1-c1ccccc1. The van der Waals surface area contributed by atoms with Gasteiger partial charge in [-0.25, -0.2) is 0 Å². The van der Waals surface area contributed by atoms with Crippen molar-refractivity contribution in [2.24, 2.45) is 0 Å². The summed E-state index contributed by atoms with van der Waals surface area (Å²) in [5.41, 5.74) is 2.53. The van der Waals surface area contributed by atoms with Gasteiger partial charge in [0, 0.05) is 16.8 Å². The second-order valence-corrected chi connectivity index (χ2v) is 8.48. The van der Waals surface area contributed by atoms with Gasteiger partial charge >= 0.3 is 0 Å². The second kappa shape index (κ2) is 9.80. The Labute approximate surface area is 201 Å². The standard InChI is InChI=1S/C27H22N4O2S/c1-33-24-17-8-7-15-22(24)26-29-30-27(31(26)20-12-3-2-4-13-20)34-18-25(32)28-23-16-9-11-19-10-5-6-14-21(19)23/h2-17H,18H2,1H3,(H,28,32). The Balaban J connectivity index is 1.43. The maximum atomic E-state index is 12.8. The van der Waals surface area contributed by atoms with Crippen LogP contribution < -0.4 is 10.1 Å². The Morgan fingerprint density at radius 2 is 1.62 bits per heavy atom. The van der Waals surface area contributed by atoms with Gasteiger partial charge in [-0.15, -0.1) is 10.2 Å². The number of nitrogens with zero attached hydrogens (tertiary/aromatic N) is 3. The van der Waals surface area contributed by atoms with E-state index in [1.165, 1.54) is 11.8 Å². The van der Waals surface area contributed by atoms with E-state index in [9.17, 15) is 4.79 Å². The highest BCUT2D eigenvalue weighted by molar-refractivity contribution is 7.99. The van der Waals surface area contributed by atoms with Gasteiger partial charge in [0.1, 0.15) is 5.75 Å². The average molecular weight is 467 g/mol. The van der Waals surface area contributed by atoms with Gasteiger partial charge in [0.2, 0.25) is 5.91 Å². The van der Waals surface area contributed by atoms with Gasteiger partial charge in [-0.2, -0.15) is 0 Å². The van der Waals surface area contributed by atoms with Crippen LogP contribution in [0.1, 0.15) is 0 Å². The van der Waals surface area contributed by atoms with Gasteiger partial charge in [-0.1, -0.05) is 78.5 Å². The highest BCUT2D eigenvalue weighted by Crippen LogP contribution is 2.33.